The van der Waals surface area contributed by atoms with Crippen molar-refractivity contribution in [3.8, 4) is 0 Å². The largest absolute Gasteiger partial charge is 0.404 e. The molecule has 0 aliphatic carbocycles. The van der Waals surface area contributed by atoms with E-state index in [1.165, 1.54) is 12.1 Å². The molecule has 0 bridgehead atoms. The van der Waals surface area contributed by atoms with Crippen LogP contribution in [0.4, 0.5) is 5.69 Å². The smallest absolute Gasteiger partial charge is 0.356 e. The Morgan fingerprint density at radius 2 is 1.53 bits per heavy atom. The van der Waals surface area contributed by atoms with Gasteiger partial charge in [-0.3, -0.25) is 0 Å². The van der Waals surface area contributed by atoms with Crippen molar-refractivity contribution < 1.29 is 5.09 Å². The molecule has 15 heavy (non-hydrogen) atoms. The number of benzene rings is 1. The average molecular weight is 270 g/mol. The third kappa shape index (κ3) is 5.22. The average Bonchev–Trinajstić information content (AvgIpc) is 2.10. The Hall–Kier alpha value is -1.29. The maximum Gasteiger partial charge on any atom is 0.404 e. The predicted molar refractivity (Wildman–Crippen MR) is 56.6 cm³/mol. The number of hydrogen-bond acceptors (Lipinski definition) is 4. The lowest BCUT2D eigenvalue weighted by Crippen LogP contribution is -1.74. The van der Waals surface area contributed by atoms with Gasteiger partial charge in [0.2, 0.25) is 5.39 Å². The van der Waals surface area contributed by atoms with E-state index >= 15 is 0 Å². The van der Waals surface area contributed by atoms with Gasteiger partial charge in [-0.15, -0.1) is 0 Å². The maximum absolute atomic E-state index is 8.37. The minimum absolute atomic E-state index is 0.209. The van der Waals surface area contributed by atoms with Gasteiger partial charge in [0.15, 0.2) is 4.98 Å². The SMILES string of the molecule is N#[N+]c1cc(Cl)c(Cl)cc1Cl.O=[N+]([O-])[O-]. The van der Waals surface area contributed by atoms with Gasteiger partial charge in [0, 0.05) is 0 Å². The van der Waals surface area contributed by atoms with Crippen LogP contribution in [-0.4, -0.2) is 5.09 Å². The fourth-order valence-corrected chi connectivity index (χ4v) is 1.17. The minimum atomic E-state index is -1.75. The highest BCUT2D eigenvalue weighted by Crippen LogP contribution is 2.33. The zero-order chi connectivity index (χ0) is 12.0. The normalized spacial score (nSPS) is 8.40. The fraction of sp³-hybridized carbons (Fsp3) is 0. The lowest BCUT2D eigenvalue weighted by Gasteiger charge is -1.90. The number of rotatable bonds is 0. The molecule has 0 atom stereocenters. The van der Waals surface area contributed by atoms with Crippen molar-refractivity contribution in [2.75, 3.05) is 0 Å². The molecular formula is C6H2Cl3N3O3. The van der Waals surface area contributed by atoms with Gasteiger partial charge >= 0.3 is 5.69 Å². The van der Waals surface area contributed by atoms with E-state index in [9.17, 15) is 0 Å². The van der Waals surface area contributed by atoms with E-state index in [2.05, 4.69) is 4.98 Å². The van der Waals surface area contributed by atoms with Crippen LogP contribution >= 0.6 is 34.8 Å². The number of halogens is 3. The van der Waals surface area contributed by atoms with Crippen LogP contribution in [-0.2, 0) is 0 Å². The molecule has 6 nitrogen and oxygen atoms in total. The second kappa shape index (κ2) is 6.24. The van der Waals surface area contributed by atoms with Crippen molar-refractivity contribution in [3.05, 3.63) is 47.5 Å². The zero-order valence-electron chi connectivity index (χ0n) is 6.85. The van der Waals surface area contributed by atoms with Crippen LogP contribution in [0.2, 0.25) is 15.1 Å². The van der Waals surface area contributed by atoms with Gasteiger partial charge in [-0.25, -0.2) is 0 Å². The Kier molecular flexibility index (Phi) is 5.70. The summed E-state index contributed by atoms with van der Waals surface area (Å²) in [6.07, 6.45) is 0. The fourth-order valence-electron chi connectivity index (χ4n) is 0.589. The summed E-state index contributed by atoms with van der Waals surface area (Å²) in [6.45, 7) is 0. The molecule has 1 aromatic carbocycles. The second-order valence-corrected chi connectivity index (χ2v) is 3.26. The van der Waals surface area contributed by atoms with Crippen molar-refractivity contribution in [3.63, 3.8) is 0 Å². The van der Waals surface area contributed by atoms with Crippen LogP contribution in [0.5, 0.6) is 0 Å². The molecule has 1 rings (SSSR count). The van der Waals surface area contributed by atoms with Crippen LogP contribution in [0.15, 0.2) is 12.1 Å². The number of diazo groups is 1. The molecule has 0 radical (unpaired) electrons. The molecule has 80 valence electrons. The molecular weight excluding hydrogens is 268 g/mol. The maximum atomic E-state index is 8.37. The summed E-state index contributed by atoms with van der Waals surface area (Å²) >= 11 is 16.8. The van der Waals surface area contributed by atoms with E-state index in [-0.39, 0.29) is 10.7 Å². The Morgan fingerprint density at radius 1 is 1.13 bits per heavy atom. The molecule has 0 aliphatic rings. The molecule has 0 aliphatic heterocycles. The summed E-state index contributed by atoms with van der Waals surface area (Å²) in [4.78, 5) is 11.1. The Bertz CT molecular complexity index is 414. The van der Waals surface area contributed by atoms with E-state index in [1.807, 2.05) is 0 Å². The van der Waals surface area contributed by atoms with Gasteiger partial charge < -0.3 is 15.3 Å². The molecule has 0 saturated carbocycles. The van der Waals surface area contributed by atoms with Crippen LogP contribution in [0.3, 0.4) is 0 Å². The van der Waals surface area contributed by atoms with Crippen molar-refractivity contribution >= 4 is 40.5 Å². The van der Waals surface area contributed by atoms with Crippen LogP contribution in [0.1, 0.15) is 0 Å². The first-order valence-corrected chi connectivity index (χ1v) is 4.33. The van der Waals surface area contributed by atoms with Crippen LogP contribution in [0.25, 0.3) is 4.98 Å². The molecule has 0 amide bonds. The molecule has 0 heterocycles. The van der Waals surface area contributed by atoms with Gasteiger partial charge in [0.25, 0.3) is 0 Å². The summed E-state index contributed by atoms with van der Waals surface area (Å²) in [6, 6.07) is 2.80. The Labute approximate surface area is 98.7 Å². The number of nitrogens with zero attached hydrogens (tertiary/aromatic N) is 3. The van der Waals surface area contributed by atoms with Crippen molar-refractivity contribution in [2.24, 2.45) is 0 Å². The standard InChI is InChI=1S/C6H2Cl3N2.NO3/c7-3-1-5(9)6(11-10)2-4(3)8;2-1(3)4/h1-2H;/q+1;-1. The topological polar surface area (TPSA) is 94.3 Å². The molecule has 0 saturated heterocycles. The molecule has 0 spiro atoms. The van der Waals surface area contributed by atoms with E-state index < -0.39 is 5.09 Å². The second-order valence-electron chi connectivity index (χ2n) is 2.04. The highest BCUT2D eigenvalue weighted by atomic mass is 35.5. The Balaban J connectivity index is 0.000000423. The summed E-state index contributed by atoms with van der Waals surface area (Å²) in [5.74, 6) is 0. The lowest BCUT2D eigenvalue weighted by atomic mass is 10.3. The minimum Gasteiger partial charge on any atom is -0.356 e. The van der Waals surface area contributed by atoms with E-state index in [0.29, 0.717) is 10.0 Å². The van der Waals surface area contributed by atoms with E-state index in [0.717, 1.165) is 0 Å². The first-order valence-electron chi connectivity index (χ1n) is 3.19. The molecule has 1 aromatic rings. The molecule has 0 aromatic heterocycles. The van der Waals surface area contributed by atoms with E-state index in [1.54, 1.807) is 0 Å². The lowest BCUT2D eigenvalue weighted by molar-refractivity contribution is -0.402. The Morgan fingerprint density at radius 3 is 1.93 bits per heavy atom. The van der Waals surface area contributed by atoms with Crippen molar-refractivity contribution in [2.45, 2.75) is 0 Å². The van der Waals surface area contributed by atoms with Gasteiger partial charge in [-0.2, -0.15) is 0 Å². The third-order valence-electron chi connectivity index (χ3n) is 1.10. The van der Waals surface area contributed by atoms with Gasteiger partial charge in [-0.05, 0) is 6.07 Å². The van der Waals surface area contributed by atoms with Crippen LogP contribution < -0.4 is 0 Å². The highest BCUT2D eigenvalue weighted by molar-refractivity contribution is 6.44. The van der Waals surface area contributed by atoms with Crippen molar-refractivity contribution in [1.82, 2.24) is 0 Å². The number of hydrogen-bond donors (Lipinski definition) is 0. The first kappa shape index (κ1) is 13.7. The van der Waals surface area contributed by atoms with Gasteiger partial charge in [0.05, 0.1) is 21.2 Å². The molecule has 9 heteroatoms. The highest BCUT2D eigenvalue weighted by Gasteiger charge is 2.14. The van der Waals surface area contributed by atoms with Gasteiger partial charge in [0.1, 0.15) is 5.02 Å². The van der Waals surface area contributed by atoms with Crippen molar-refractivity contribution in [1.29, 1.82) is 5.39 Å². The summed E-state index contributed by atoms with van der Waals surface area (Å²) in [5.41, 5.74) is 0.209. The summed E-state index contributed by atoms with van der Waals surface area (Å²) in [5, 5.41) is 24.0. The van der Waals surface area contributed by atoms with Crippen LogP contribution in [0, 0.1) is 20.7 Å². The third-order valence-corrected chi connectivity index (χ3v) is 2.12. The molecule has 0 N–H and O–H groups in total. The molecule has 0 fully saturated rings. The van der Waals surface area contributed by atoms with Gasteiger partial charge in [-0.1, -0.05) is 34.8 Å². The molecule has 0 unspecified atom stereocenters. The summed E-state index contributed by atoms with van der Waals surface area (Å²) in [7, 11) is 0. The monoisotopic (exact) mass is 269 g/mol. The quantitative estimate of drug-likeness (QED) is 0.309. The van der Waals surface area contributed by atoms with E-state index in [4.69, 9.17) is 55.5 Å². The summed E-state index contributed by atoms with van der Waals surface area (Å²) < 4.78 is 0. The predicted octanol–water partition coefficient (Wildman–Crippen LogP) is 3.89. The zero-order valence-corrected chi connectivity index (χ0v) is 9.12. The first-order chi connectivity index (χ1) is 6.88.